The molecule has 1 amide bonds. The van der Waals surface area contributed by atoms with Crippen molar-refractivity contribution in [1.29, 1.82) is 0 Å². The lowest BCUT2D eigenvalue weighted by atomic mass is 10.1. The molecule has 10 nitrogen and oxygen atoms in total. The summed E-state index contributed by atoms with van der Waals surface area (Å²) in [6.07, 6.45) is -0.370. The molecule has 3 aliphatic heterocycles. The number of hydrogen-bond donors (Lipinski definition) is 4. The van der Waals surface area contributed by atoms with Crippen molar-refractivity contribution in [3.05, 3.63) is 47.4 Å². The van der Waals surface area contributed by atoms with Crippen LogP contribution in [0.25, 0.3) is 0 Å². The topological polar surface area (TPSA) is 115 Å². The number of nitrogens with one attached hydrogen (secondary N) is 2. The van der Waals surface area contributed by atoms with Gasteiger partial charge < -0.3 is 29.7 Å². The molecule has 4 atom stereocenters. The van der Waals surface area contributed by atoms with Crippen LogP contribution in [0.3, 0.4) is 0 Å². The molecule has 2 saturated heterocycles. The quantitative estimate of drug-likeness (QED) is 0.536. The summed E-state index contributed by atoms with van der Waals surface area (Å²) in [5, 5.41) is 25.7. The molecule has 0 saturated carbocycles. The molecule has 1 aromatic carbocycles. The number of piperazine rings is 1. The fourth-order valence-electron chi connectivity index (χ4n) is 4.42. The summed E-state index contributed by atoms with van der Waals surface area (Å²) in [5.41, 5.74) is 4.98. The first-order valence-corrected chi connectivity index (χ1v) is 11.0. The number of nitrogens with zero attached hydrogens (tertiary/aromatic N) is 4. The number of aliphatic hydroxyl groups excluding tert-OH is 2. The third kappa shape index (κ3) is 4.08. The van der Waals surface area contributed by atoms with Gasteiger partial charge in [0, 0.05) is 37.9 Å². The molecule has 2 aromatic rings. The van der Waals surface area contributed by atoms with Crippen LogP contribution < -0.4 is 10.7 Å². The second kappa shape index (κ2) is 8.75. The Morgan fingerprint density at radius 3 is 2.61 bits per heavy atom. The van der Waals surface area contributed by atoms with Gasteiger partial charge in [0.2, 0.25) is 0 Å². The Hall–Kier alpha value is -2.99. The number of anilines is 1. The highest BCUT2D eigenvalue weighted by atomic mass is 19.1. The number of carbonyl (C=O) groups excluding carboxylic acids is 1. The summed E-state index contributed by atoms with van der Waals surface area (Å²) in [6.45, 7) is 4.64. The van der Waals surface area contributed by atoms with Gasteiger partial charge in [0.15, 0.2) is 6.23 Å². The average Bonchev–Trinajstić information content (AvgIpc) is 3.33. The predicted molar refractivity (Wildman–Crippen MR) is 119 cm³/mol. The van der Waals surface area contributed by atoms with E-state index in [4.69, 9.17) is 4.74 Å². The summed E-state index contributed by atoms with van der Waals surface area (Å²) in [6, 6.07) is 5.94. The largest absolute Gasteiger partial charge is 0.388 e. The Kier molecular flexibility index (Phi) is 5.79. The van der Waals surface area contributed by atoms with Gasteiger partial charge in [-0.2, -0.15) is 0 Å². The van der Waals surface area contributed by atoms with Gasteiger partial charge in [-0.05, 0) is 31.2 Å². The molecule has 0 bridgehead atoms. The second-order valence-electron chi connectivity index (χ2n) is 8.50. The smallest absolute Gasteiger partial charge is 0.255 e. The van der Waals surface area contributed by atoms with Crippen molar-refractivity contribution in [3.63, 3.8) is 0 Å². The van der Waals surface area contributed by atoms with Gasteiger partial charge in [-0.1, -0.05) is 0 Å². The monoisotopic (exact) mass is 458 g/mol. The average molecular weight is 458 g/mol. The minimum Gasteiger partial charge on any atom is -0.388 e. The number of rotatable bonds is 4. The van der Waals surface area contributed by atoms with E-state index in [-0.39, 0.29) is 11.7 Å². The van der Waals surface area contributed by atoms with Crippen molar-refractivity contribution in [2.45, 2.75) is 38.0 Å². The number of hydrogen-bond acceptors (Lipinski definition) is 8. The molecule has 11 heteroatoms. The van der Waals surface area contributed by atoms with Crippen LogP contribution in [0.1, 0.15) is 29.1 Å². The van der Waals surface area contributed by atoms with E-state index in [0.29, 0.717) is 42.3 Å². The summed E-state index contributed by atoms with van der Waals surface area (Å²) >= 11 is 0. The Bertz CT molecular complexity index is 1050. The molecular formula is C22H27FN6O4. The number of fused-ring (bicyclic) bond motifs is 1. The fraction of sp³-hybridized carbons (Fsp3) is 0.455. The van der Waals surface area contributed by atoms with Crippen molar-refractivity contribution >= 4 is 23.8 Å². The van der Waals surface area contributed by atoms with Crippen molar-refractivity contribution < 1.29 is 24.1 Å². The van der Waals surface area contributed by atoms with Gasteiger partial charge in [-0.25, -0.2) is 9.38 Å². The maximum absolute atomic E-state index is 13.4. The van der Waals surface area contributed by atoms with Crippen LogP contribution in [0.2, 0.25) is 0 Å². The van der Waals surface area contributed by atoms with Crippen LogP contribution in [0.4, 0.5) is 15.9 Å². The van der Waals surface area contributed by atoms with Gasteiger partial charge in [-0.3, -0.25) is 15.2 Å². The number of aliphatic hydroxyl groups is 2. The number of ether oxygens (including phenoxy) is 1. The summed E-state index contributed by atoms with van der Waals surface area (Å²) in [4.78, 5) is 19.7. The van der Waals surface area contributed by atoms with Crippen molar-refractivity contribution in [2.75, 3.05) is 31.6 Å². The van der Waals surface area contributed by atoms with Gasteiger partial charge in [0.1, 0.15) is 30.2 Å². The number of halogens is 1. The number of carbonyl (C=O) groups is 1. The molecule has 1 aromatic heterocycles. The van der Waals surface area contributed by atoms with Crippen LogP contribution >= 0.6 is 0 Å². The van der Waals surface area contributed by atoms with Crippen LogP contribution in [0.5, 0.6) is 0 Å². The summed E-state index contributed by atoms with van der Waals surface area (Å²) in [7, 11) is 0. The van der Waals surface area contributed by atoms with Crippen LogP contribution in [0.15, 0.2) is 35.5 Å². The zero-order valence-electron chi connectivity index (χ0n) is 18.2. The Labute approximate surface area is 190 Å². The van der Waals surface area contributed by atoms with Gasteiger partial charge in [-0.15, -0.1) is 0 Å². The first-order chi connectivity index (χ1) is 15.9. The van der Waals surface area contributed by atoms with E-state index in [1.54, 1.807) is 46.1 Å². The number of benzene rings is 1. The summed E-state index contributed by atoms with van der Waals surface area (Å²) in [5.74, 6) is 0.0464. The van der Waals surface area contributed by atoms with E-state index < -0.39 is 24.5 Å². The lowest BCUT2D eigenvalue weighted by molar-refractivity contribution is -0.0309. The predicted octanol–water partition coefficient (Wildman–Crippen LogP) is 0.814. The van der Waals surface area contributed by atoms with Crippen molar-refractivity contribution in [1.82, 2.24) is 19.8 Å². The zero-order valence-corrected chi connectivity index (χ0v) is 18.2. The Balaban J connectivity index is 1.48. The highest BCUT2D eigenvalue weighted by Crippen LogP contribution is 2.38. The van der Waals surface area contributed by atoms with E-state index >= 15 is 0 Å². The van der Waals surface area contributed by atoms with Crippen molar-refractivity contribution in [3.8, 4) is 0 Å². The van der Waals surface area contributed by atoms with E-state index in [2.05, 4.69) is 15.7 Å². The lowest BCUT2D eigenvalue weighted by Gasteiger charge is -2.29. The van der Waals surface area contributed by atoms with E-state index in [1.807, 2.05) is 0 Å². The molecule has 0 radical (unpaired) electrons. The molecule has 4 N–H and O–H groups in total. The highest BCUT2D eigenvalue weighted by molar-refractivity contribution is 5.97. The number of amides is 1. The third-order valence-corrected chi connectivity index (χ3v) is 6.26. The molecule has 33 heavy (non-hydrogen) atoms. The molecule has 0 aliphatic carbocycles. The highest BCUT2D eigenvalue weighted by Gasteiger charge is 2.43. The Morgan fingerprint density at radius 2 is 1.94 bits per heavy atom. The van der Waals surface area contributed by atoms with E-state index in [1.165, 1.54) is 12.1 Å². The van der Waals surface area contributed by atoms with Crippen LogP contribution in [-0.2, 0) is 11.3 Å². The van der Waals surface area contributed by atoms with Gasteiger partial charge in [0.05, 0.1) is 23.9 Å². The standard InChI is InChI=1S/C22H27FN6O4/c1-13-18(30)19(31)22(33-13)29-11-17(21(32)27-8-6-24-7-9-27)16-10-28(12-25-20(16)29)26-15-4-2-14(23)3-5-15/h2-5,11-13,18-19,22,24,26,30-31H,6-10H2,1H3/t13-,18-,19-,22-/m1/s1. The van der Waals surface area contributed by atoms with Crippen LogP contribution in [-0.4, -0.2) is 81.4 Å². The SMILES string of the molecule is C[C@H]1O[C@@H](n2cc(C(=O)N3CCNCC3)c3c2N=CN(Nc2ccc(F)cc2)C3)[C@H](O)[C@@H]1O. The van der Waals surface area contributed by atoms with Gasteiger partial charge in [0.25, 0.3) is 5.91 Å². The molecule has 0 spiro atoms. The van der Waals surface area contributed by atoms with Gasteiger partial charge >= 0.3 is 0 Å². The molecule has 0 unspecified atom stereocenters. The number of aliphatic imine (C=N–C) groups is 1. The normalized spacial score (nSPS) is 27.0. The van der Waals surface area contributed by atoms with E-state index in [9.17, 15) is 19.4 Å². The lowest BCUT2D eigenvalue weighted by Crippen LogP contribution is -2.46. The molecule has 3 aliphatic rings. The van der Waals surface area contributed by atoms with Crippen LogP contribution in [0, 0.1) is 5.82 Å². The third-order valence-electron chi connectivity index (χ3n) is 6.26. The maximum Gasteiger partial charge on any atom is 0.255 e. The Morgan fingerprint density at radius 1 is 1.21 bits per heavy atom. The number of aromatic nitrogens is 1. The first kappa shape index (κ1) is 21.8. The van der Waals surface area contributed by atoms with Crippen molar-refractivity contribution in [2.24, 2.45) is 4.99 Å². The zero-order chi connectivity index (χ0) is 23.1. The van der Waals surface area contributed by atoms with E-state index in [0.717, 1.165) is 13.1 Å². The fourth-order valence-corrected chi connectivity index (χ4v) is 4.42. The number of hydrazine groups is 1. The molecule has 4 heterocycles. The summed E-state index contributed by atoms with van der Waals surface area (Å²) < 4.78 is 20.7. The molecule has 2 fully saturated rings. The molecular weight excluding hydrogens is 431 g/mol. The minimum absolute atomic E-state index is 0.119. The molecule has 176 valence electrons. The minimum atomic E-state index is -1.15. The second-order valence-corrected chi connectivity index (χ2v) is 8.50. The molecule has 5 rings (SSSR count). The maximum atomic E-state index is 13.4. The first-order valence-electron chi connectivity index (χ1n) is 11.0.